The van der Waals surface area contributed by atoms with E-state index in [-0.39, 0.29) is 18.1 Å². The van der Waals surface area contributed by atoms with E-state index in [0.29, 0.717) is 12.1 Å². The van der Waals surface area contributed by atoms with Gasteiger partial charge in [-0.15, -0.1) is 0 Å². The van der Waals surface area contributed by atoms with Crippen molar-refractivity contribution in [3.8, 4) is 0 Å². The van der Waals surface area contributed by atoms with E-state index in [9.17, 15) is 9.59 Å². The Morgan fingerprint density at radius 1 is 1.35 bits per heavy atom. The van der Waals surface area contributed by atoms with E-state index >= 15 is 0 Å². The molecule has 1 saturated carbocycles. The third-order valence-electron chi connectivity index (χ3n) is 4.54. The number of aliphatic carboxylic acids is 1. The van der Waals surface area contributed by atoms with Crippen LogP contribution in [-0.4, -0.2) is 34.3 Å². The molecule has 6 heteroatoms. The monoisotopic (exact) mass is 316 g/mol. The lowest BCUT2D eigenvalue weighted by atomic mass is 9.77. The van der Waals surface area contributed by atoms with E-state index in [1.165, 1.54) is 0 Å². The molecule has 0 spiro atoms. The van der Waals surface area contributed by atoms with Gasteiger partial charge in [-0.05, 0) is 43.5 Å². The predicted octanol–water partition coefficient (Wildman–Crippen LogP) is 2.62. The first-order valence-electron chi connectivity index (χ1n) is 7.67. The summed E-state index contributed by atoms with van der Waals surface area (Å²) in [6.07, 6.45) is 5.05. The van der Waals surface area contributed by atoms with Gasteiger partial charge in [0, 0.05) is 29.9 Å². The quantitative estimate of drug-likeness (QED) is 0.858. The summed E-state index contributed by atoms with van der Waals surface area (Å²) >= 11 is 0. The number of benzene rings is 1. The van der Waals surface area contributed by atoms with Crippen molar-refractivity contribution >= 4 is 28.5 Å². The number of aromatic nitrogens is 1. The van der Waals surface area contributed by atoms with Crippen LogP contribution in [0, 0.1) is 0 Å². The fourth-order valence-corrected chi connectivity index (χ4v) is 3.08. The molecule has 1 aromatic carbocycles. The highest BCUT2D eigenvalue weighted by Gasteiger charge is 2.38. The average molecular weight is 316 g/mol. The van der Waals surface area contributed by atoms with Gasteiger partial charge in [0.2, 0.25) is 5.91 Å². The van der Waals surface area contributed by atoms with Gasteiger partial charge in [0.25, 0.3) is 0 Å². The summed E-state index contributed by atoms with van der Waals surface area (Å²) in [5.74, 6) is -0.943. The lowest BCUT2D eigenvalue weighted by molar-refractivity contribution is -0.137. The zero-order valence-electron chi connectivity index (χ0n) is 13.0. The second-order valence-electron chi connectivity index (χ2n) is 6.08. The van der Waals surface area contributed by atoms with Gasteiger partial charge in [-0.25, -0.2) is 0 Å². The summed E-state index contributed by atoms with van der Waals surface area (Å²) in [4.78, 5) is 23.0. The first-order chi connectivity index (χ1) is 11.0. The molecular weight excluding hydrogens is 296 g/mol. The maximum Gasteiger partial charge on any atom is 0.323 e. The fraction of sp³-hybridized carbons (Fsp3) is 0.412. The molecule has 0 saturated heterocycles. The van der Waals surface area contributed by atoms with E-state index in [0.717, 1.165) is 30.2 Å². The minimum Gasteiger partial charge on any atom is -0.480 e. The van der Waals surface area contributed by atoms with Gasteiger partial charge in [-0.3, -0.25) is 9.59 Å². The molecule has 122 valence electrons. The van der Waals surface area contributed by atoms with Crippen molar-refractivity contribution in [3.05, 3.63) is 30.5 Å². The highest BCUT2D eigenvalue weighted by Crippen LogP contribution is 2.38. The Kier molecular flexibility index (Phi) is 4.09. The van der Waals surface area contributed by atoms with Gasteiger partial charge in [-0.1, -0.05) is 0 Å². The first kappa shape index (κ1) is 15.6. The number of carboxylic acid groups (broad SMARTS) is 1. The van der Waals surface area contributed by atoms with Crippen LogP contribution in [0.4, 0.5) is 5.69 Å². The lowest BCUT2D eigenvalue weighted by Gasteiger charge is -2.39. The Bertz CT molecular complexity index is 741. The van der Waals surface area contributed by atoms with E-state index in [4.69, 9.17) is 9.84 Å². The van der Waals surface area contributed by atoms with Crippen molar-refractivity contribution < 1.29 is 19.4 Å². The zero-order chi connectivity index (χ0) is 16.4. The average Bonchev–Trinajstić information content (AvgIpc) is 2.84. The second-order valence-corrected chi connectivity index (χ2v) is 6.08. The van der Waals surface area contributed by atoms with Gasteiger partial charge in [-0.2, -0.15) is 0 Å². The van der Waals surface area contributed by atoms with E-state index in [2.05, 4.69) is 5.32 Å². The Balaban J connectivity index is 1.71. The number of hydrogen-bond donors (Lipinski definition) is 2. The molecule has 23 heavy (non-hydrogen) atoms. The Labute approximate surface area is 134 Å². The topological polar surface area (TPSA) is 80.6 Å². The van der Waals surface area contributed by atoms with Crippen LogP contribution in [0.3, 0.4) is 0 Å². The normalized spacial score (nSPS) is 16.0. The number of amides is 1. The molecule has 0 aliphatic heterocycles. The van der Waals surface area contributed by atoms with Crippen LogP contribution in [0.25, 0.3) is 10.9 Å². The third-order valence-corrected chi connectivity index (χ3v) is 4.54. The largest absolute Gasteiger partial charge is 0.480 e. The Morgan fingerprint density at radius 2 is 2.13 bits per heavy atom. The van der Waals surface area contributed by atoms with Crippen molar-refractivity contribution in [2.24, 2.45) is 0 Å². The fourth-order valence-electron chi connectivity index (χ4n) is 3.08. The van der Waals surface area contributed by atoms with Gasteiger partial charge in [0.05, 0.1) is 12.0 Å². The molecule has 1 aromatic heterocycles. The van der Waals surface area contributed by atoms with E-state index in [1.807, 2.05) is 18.2 Å². The van der Waals surface area contributed by atoms with Crippen LogP contribution in [0.1, 0.15) is 25.7 Å². The standard InChI is InChI=1S/C17H20N2O4/c1-23-17(6-2-7-17)10-15(20)18-13-3-4-14-12(9-13)5-8-19(14)11-16(21)22/h3-5,8-9H,2,6-7,10-11H2,1H3,(H,18,20)(H,21,22). The summed E-state index contributed by atoms with van der Waals surface area (Å²) < 4.78 is 7.14. The van der Waals surface area contributed by atoms with Crippen molar-refractivity contribution in [2.75, 3.05) is 12.4 Å². The molecule has 0 unspecified atom stereocenters. The maximum absolute atomic E-state index is 12.2. The highest BCUT2D eigenvalue weighted by atomic mass is 16.5. The van der Waals surface area contributed by atoms with Crippen LogP contribution in [0.15, 0.2) is 30.5 Å². The van der Waals surface area contributed by atoms with Crippen LogP contribution in [0.2, 0.25) is 0 Å². The highest BCUT2D eigenvalue weighted by molar-refractivity contribution is 5.94. The molecule has 0 atom stereocenters. The number of carbonyl (C=O) groups excluding carboxylic acids is 1. The molecule has 1 heterocycles. The predicted molar refractivity (Wildman–Crippen MR) is 86.4 cm³/mol. The van der Waals surface area contributed by atoms with E-state index < -0.39 is 5.97 Å². The van der Waals surface area contributed by atoms with Crippen LogP contribution in [-0.2, 0) is 20.9 Å². The number of rotatable bonds is 6. The molecule has 0 radical (unpaired) electrons. The lowest BCUT2D eigenvalue weighted by Crippen LogP contribution is -2.42. The zero-order valence-corrected chi connectivity index (χ0v) is 13.0. The molecule has 0 bridgehead atoms. The van der Waals surface area contributed by atoms with Crippen molar-refractivity contribution in [1.29, 1.82) is 0 Å². The summed E-state index contributed by atoms with van der Waals surface area (Å²) in [5.41, 5.74) is 1.25. The molecule has 1 aliphatic rings. The second kappa shape index (κ2) is 6.04. The maximum atomic E-state index is 12.2. The Morgan fingerprint density at radius 3 is 2.74 bits per heavy atom. The summed E-state index contributed by atoms with van der Waals surface area (Å²) in [6.45, 7) is -0.0778. The summed E-state index contributed by atoms with van der Waals surface area (Å²) in [7, 11) is 1.66. The summed E-state index contributed by atoms with van der Waals surface area (Å²) in [5, 5.41) is 12.7. The molecule has 2 aromatic rings. The van der Waals surface area contributed by atoms with Gasteiger partial charge >= 0.3 is 5.97 Å². The van der Waals surface area contributed by atoms with Gasteiger partial charge in [0.1, 0.15) is 6.54 Å². The minimum atomic E-state index is -0.884. The summed E-state index contributed by atoms with van der Waals surface area (Å²) in [6, 6.07) is 7.31. The van der Waals surface area contributed by atoms with E-state index in [1.54, 1.807) is 23.9 Å². The number of nitrogens with zero attached hydrogens (tertiary/aromatic N) is 1. The van der Waals surface area contributed by atoms with Crippen molar-refractivity contribution in [2.45, 2.75) is 37.8 Å². The van der Waals surface area contributed by atoms with Crippen LogP contribution < -0.4 is 5.32 Å². The molecule has 3 rings (SSSR count). The smallest absolute Gasteiger partial charge is 0.323 e. The number of nitrogens with one attached hydrogen (secondary N) is 1. The molecule has 1 fully saturated rings. The third kappa shape index (κ3) is 3.22. The Hall–Kier alpha value is -2.34. The van der Waals surface area contributed by atoms with Crippen molar-refractivity contribution in [1.82, 2.24) is 4.57 Å². The number of carbonyl (C=O) groups is 2. The van der Waals surface area contributed by atoms with Crippen molar-refractivity contribution in [3.63, 3.8) is 0 Å². The molecule has 1 aliphatic carbocycles. The molecule has 2 N–H and O–H groups in total. The SMILES string of the molecule is COC1(CC(=O)Nc2ccc3c(ccn3CC(=O)O)c2)CCC1. The first-order valence-corrected chi connectivity index (χ1v) is 7.67. The number of anilines is 1. The molecular formula is C17H20N2O4. The number of carboxylic acids is 1. The van der Waals surface area contributed by atoms with Crippen LogP contribution >= 0.6 is 0 Å². The van der Waals surface area contributed by atoms with Gasteiger partial charge in [0.15, 0.2) is 0 Å². The van der Waals surface area contributed by atoms with Gasteiger partial charge < -0.3 is 19.7 Å². The molecule has 1 amide bonds. The minimum absolute atomic E-state index is 0.0594. The number of methoxy groups -OCH3 is 1. The number of hydrogen-bond acceptors (Lipinski definition) is 3. The van der Waals surface area contributed by atoms with Crippen LogP contribution in [0.5, 0.6) is 0 Å². The molecule has 6 nitrogen and oxygen atoms in total. The number of fused-ring (bicyclic) bond motifs is 1. The number of ether oxygens (including phenoxy) is 1.